The van der Waals surface area contributed by atoms with E-state index in [0.717, 1.165) is 16.3 Å². The highest BCUT2D eigenvalue weighted by atomic mass is 16.5. The molecule has 3 aromatic carbocycles. The molecular weight excluding hydrogens is 380 g/mol. The molecule has 0 aliphatic rings. The Bertz CT molecular complexity index is 1200. The van der Waals surface area contributed by atoms with Gasteiger partial charge in [0.15, 0.2) is 12.2 Å². The van der Waals surface area contributed by atoms with Gasteiger partial charge in [0, 0.05) is 12.2 Å². The van der Waals surface area contributed by atoms with E-state index in [1.54, 1.807) is 6.07 Å². The maximum atomic E-state index is 12.2. The molecule has 0 fully saturated rings. The summed E-state index contributed by atoms with van der Waals surface area (Å²) in [5.41, 5.74) is 2.34. The quantitative estimate of drug-likeness (QED) is 0.383. The molecule has 1 amide bonds. The Balaban J connectivity index is 1.32. The first-order valence-corrected chi connectivity index (χ1v) is 9.57. The van der Waals surface area contributed by atoms with Crippen molar-refractivity contribution in [3.05, 3.63) is 84.3 Å². The highest BCUT2D eigenvalue weighted by Crippen LogP contribution is 2.24. The van der Waals surface area contributed by atoms with Gasteiger partial charge in [0.1, 0.15) is 5.52 Å². The molecule has 4 rings (SSSR count). The molecule has 1 heterocycles. The standard InChI is InChI=1S/C24H20N2O4/c1-16(18-10-6-8-17-7-2-3-9-19(17)18)25-22(27)15-29-24(28)14-13-23-26-20-11-4-5-12-21(20)30-23/h2-14,16H,15H2,1H3,(H,25,27)/b14-13+/t16-/m0/s1. The number of carbonyl (C=O) groups excluding carboxylic acids is 2. The van der Waals surface area contributed by atoms with Gasteiger partial charge in [0.25, 0.3) is 5.91 Å². The summed E-state index contributed by atoms with van der Waals surface area (Å²) in [7, 11) is 0. The van der Waals surface area contributed by atoms with Gasteiger partial charge in [-0.05, 0) is 35.4 Å². The Labute approximate surface area is 173 Å². The van der Waals surface area contributed by atoms with Gasteiger partial charge in [-0.1, -0.05) is 54.6 Å². The van der Waals surface area contributed by atoms with Crippen molar-refractivity contribution < 1.29 is 18.7 Å². The largest absolute Gasteiger partial charge is 0.452 e. The van der Waals surface area contributed by atoms with Crippen molar-refractivity contribution in [2.24, 2.45) is 0 Å². The molecule has 1 atom stereocenters. The summed E-state index contributed by atoms with van der Waals surface area (Å²) in [6.45, 7) is 1.53. The monoisotopic (exact) mass is 400 g/mol. The maximum Gasteiger partial charge on any atom is 0.331 e. The minimum Gasteiger partial charge on any atom is -0.452 e. The Morgan fingerprint density at radius 2 is 1.83 bits per heavy atom. The molecule has 150 valence electrons. The Kier molecular flexibility index (Phi) is 5.57. The first-order chi connectivity index (χ1) is 14.6. The van der Waals surface area contributed by atoms with Crippen LogP contribution in [0, 0.1) is 0 Å². The highest BCUT2D eigenvalue weighted by Gasteiger charge is 2.13. The molecule has 6 heteroatoms. The van der Waals surface area contributed by atoms with Crippen molar-refractivity contribution in [2.75, 3.05) is 6.61 Å². The lowest BCUT2D eigenvalue weighted by Crippen LogP contribution is -2.31. The van der Waals surface area contributed by atoms with Crippen LogP contribution in [-0.4, -0.2) is 23.5 Å². The van der Waals surface area contributed by atoms with Gasteiger partial charge in [-0.15, -0.1) is 0 Å². The molecule has 1 N–H and O–H groups in total. The number of ether oxygens (including phenoxy) is 1. The van der Waals surface area contributed by atoms with Crippen LogP contribution in [0.4, 0.5) is 0 Å². The third-order valence-corrected chi connectivity index (χ3v) is 4.69. The number of aromatic nitrogens is 1. The van der Waals surface area contributed by atoms with E-state index in [2.05, 4.69) is 10.3 Å². The zero-order valence-corrected chi connectivity index (χ0v) is 16.4. The molecule has 0 saturated heterocycles. The predicted molar refractivity (Wildman–Crippen MR) is 115 cm³/mol. The Morgan fingerprint density at radius 1 is 1.07 bits per heavy atom. The van der Waals surface area contributed by atoms with Gasteiger partial charge in [0.05, 0.1) is 6.04 Å². The van der Waals surface area contributed by atoms with Gasteiger partial charge in [-0.3, -0.25) is 4.79 Å². The predicted octanol–water partition coefficient (Wildman–Crippen LogP) is 4.41. The van der Waals surface area contributed by atoms with Crippen molar-refractivity contribution in [1.82, 2.24) is 10.3 Å². The molecule has 4 aromatic rings. The van der Waals surface area contributed by atoms with E-state index >= 15 is 0 Å². The molecule has 30 heavy (non-hydrogen) atoms. The second kappa shape index (κ2) is 8.61. The lowest BCUT2D eigenvalue weighted by atomic mass is 10.00. The number of carbonyl (C=O) groups is 2. The number of hydrogen-bond acceptors (Lipinski definition) is 5. The van der Waals surface area contributed by atoms with Crippen molar-refractivity contribution in [2.45, 2.75) is 13.0 Å². The normalized spacial score (nSPS) is 12.3. The van der Waals surface area contributed by atoms with Gasteiger partial charge in [-0.25, -0.2) is 9.78 Å². The first kappa shape index (κ1) is 19.4. The number of fused-ring (bicyclic) bond motifs is 2. The van der Waals surface area contributed by atoms with Crippen molar-refractivity contribution >= 4 is 39.8 Å². The summed E-state index contributed by atoms with van der Waals surface area (Å²) in [5.74, 6) is -0.730. The third kappa shape index (κ3) is 4.38. The molecule has 0 radical (unpaired) electrons. The molecule has 0 spiro atoms. The van der Waals surface area contributed by atoms with E-state index in [4.69, 9.17) is 9.15 Å². The van der Waals surface area contributed by atoms with Crippen LogP contribution in [-0.2, 0) is 14.3 Å². The summed E-state index contributed by atoms with van der Waals surface area (Å²) < 4.78 is 10.5. The summed E-state index contributed by atoms with van der Waals surface area (Å²) >= 11 is 0. The molecule has 0 saturated carbocycles. The van der Waals surface area contributed by atoms with Crippen molar-refractivity contribution in [3.8, 4) is 0 Å². The second-order valence-electron chi connectivity index (χ2n) is 6.82. The van der Waals surface area contributed by atoms with Crippen molar-refractivity contribution in [1.29, 1.82) is 0 Å². The number of hydrogen-bond donors (Lipinski definition) is 1. The molecule has 6 nitrogen and oxygen atoms in total. The fourth-order valence-corrected chi connectivity index (χ4v) is 3.27. The van der Waals surface area contributed by atoms with Crippen molar-refractivity contribution in [3.63, 3.8) is 0 Å². The molecule has 0 bridgehead atoms. The SMILES string of the molecule is C[C@H](NC(=O)COC(=O)/C=C/c1nc2ccccc2o1)c1cccc2ccccc12. The zero-order valence-electron chi connectivity index (χ0n) is 16.4. The Hall–Kier alpha value is -3.93. The first-order valence-electron chi connectivity index (χ1n) is 9.57. The van der Waals surface area contributed by atoms with E-state index in [1.807, 2.05) is 67.6 Å². The number of amides is 1. The Morgan fingerprint density at radius 3 is 2.70 bits per heavy atom. The smallest absolute Gasteiger partial charge is 0.331 e. The number of nitrogens with zero attached hydrogens (tertiary/aromatic N) is 1. The number of rotatable bonds is 6. The maximum absolute atomic E-state index is 12.2. The number of benzene rings is 3. The average molecular weight is 400 g/mol. The van der Waals surface area contributed by atoms with Crippen LogP contribution in [0.1, 0.15) is 24.4 Å². The van der Waals surface area contributed by atoms with E-state index in [0.29, 0.717) is 17.0 Å². The molecular formula is C24H20N2O4. The molecule has 0 unspecified atom stereocenters. The van der Waals surface area contributed by atoms with Gasteiger partial charge >= 0.3 is 5.97 Å². The summed E-state index contributed by atoms with van der Waals surface area (Å²) in [6, 6.07) is 21.0. The summed E-state index contributed by atoms with van der Waals surface area (Å²) in [6.07, 6.45) is 2.60. The second-order valence-corrected chi connectivity index (χ2v) is 6.82. The van der Waals surface area contributed by atoms with Crippen LogP contribution >= 0.6 is 0 Å². The van der Waals surface area contributed by atoms with Crippen LogP contribution < -0.4 is 5.32 Å². The molecule has 0 aliphatic carbocycles. The van der Waals surface area contributed by atoms with E-state index in [1.165, 1.54) is 12.2 Å². The summed E-state index contributed by atoms with van der Waals surface area (Å²) in [4.78, 5) is 28.4. The van der Waals surface area contributed by atoms with Gasteiger partial charge < -0.3 is 14.5 Å². The lowest BCUT2D eigenvalue weighted by molar-refractivity contribution is -0.144. The molecule has 0 aliphatic heterocycles. The number of esters is 1. The summed E-state index contributed by atoms with van der Waals surface area (Å²) in [5, 5.41) is 5.04. The number of nitrogens with one attached hydrogen (secondary N) is 1. The zero-order chi connectivity index (χ0) is 20.9. The van der Waals surface area contributed by atoms with Crippen LogP contribution in [0.2, 0.25) is 0 Å². The number of para-hydroxylation sites is 2. The minimum atomic E-state index is -0.648. The van der Waals surface area contributed by atoms with Crippen LogP contribution in [0.15, 0.2) is 77.2 Å². The lowest BCUT2D eigenvalue weighted by Gasteiger charge is -2.16. The third-order valence-electron chi connectivity index (χ3n) is 4.69. The van der Waals surface area contributed by atoms with E-state index < -0.39 is 5.97 Å². The topological polar surface area (TPSA) is 81.4 Å². The van der Waals surface area contributed by atoms with E-state index in [-0.39, 0.29) is 18.6 Å². The number of oxazole rings is 1. The molecule has 1 aromatic heterocycles. The highest BCUT2D eigenvalue weighted by molar-refractivity contribution is 5.90. The van der Waals surface area contributed by atoms with Gasteiger partial charge in [-0.2, -0.15) is 0 Å². The van der Waals surface area contributed by atoms with Crippen LogP contribution in [0.3, 0.4) is 0 Å². The van der Waals surface area contributed by atoms with Crippen LogP contribution in [0.5, 0.6) is 0 Å². The van der Waals surface area contributed by atoms with E-state index in [9.17, 15) is 9.59 Å². The van der Waals surface area contributed by atoms with Crippen LogP contribution in [0.25, 0.3) is 27.9 Å². The fraction of sp³-hybridized carbons (Fsp3) is 0.125. The average Bonchev–Trinajstić information content (AvgIpc) is 3.19. The minimum absolute atomic E-state index is 0.224. The van der Waals surface area contributed by atoms with Gasteiger partial charge in [0.2, 0.25) is 5.89 Å². The fourth-order valence-electron chi connectivity index (χ4n) is 3.27.